The third kappa shape index (κ3) is 2.47. The van der Waals surface area contributed by atoms with Gasteiger partial charge in [0.2, 0.25) is 0 Å². The van der Waals surface area contributed by atoms with Crippen LogP contribution in [-0.2, 0) is 0 Å². The lowest BCUT2D eigenvalue weighted by Gasteiger charge is -2.14. The molecule has 0 radical (unpaired) electrons. The maximum Gasteiger partial charge on any atom is 0.140 e. The Labute approximate surface area is 86.3 Å². The molecule has 0 aliphatic heterocycles. The molecular formula is C12H19NO. The smallest absolute Gasteiger partial charge is 0.140 e. The van der Waals surface area contributed by atoms with Gasteiger partial charge in [0.15, 0.2) is 0 Å². The largest absolute Gasteiger partial charge is 0.495 e. The average Bonchev–Trinajstić information content (AvgIpc) is 2.18. The van der Waals surface area contributed by atoms with Crippen molar-refractivity contribution >= 4 is 0 Å². The molecule has 1 unspecified atom stereocenters. The second kappa shape index (κ2) is 4.99. The van der Waals surface area contributed by atoms with Gasteiger partial charge in [0.25, 0.3) is 0 Å². The molecule has 0 amide bonds. The minimum Gasteiger partial charge on any atom is -0.495 e. The zero-order valence-corrected chi connectivity index (χ0v) is 9.50. The molecule has 0 aromatic carbocycles. The van der Waals surface area contributed by atoms with Crippen molar-refractivity contribution in [3.63, 3.8) is 0 Å². The molecule has 0 fully saturated rings. The average molecular weight is 193 g/mol. The van der Waals surface area contributed by atoms with E-state index in [0.717, 1.165) is 23.6 Å². The summed E-state index contributed by atoms with van der Waals surface area (Å²) in [6, 6.07) is 3.99. The van der Waals surface area contributed by atoms with E-state index in [9.17, 15) is 0 Å². The SMILES string of the molecule is CCCC(C)c1nc(C)ccc1OC. The maximum atomic E-state index is 5.31. The van der Waals surface area contributed by atoms with Gasteiger partial charge < -0.3 is 4.74 Å². The molecule has 0 N–H and O–H groups in total. The van der Waals surface area contributed by atoms with E-state index >= 15 is 0 Å². The Morgan fingerprint density at radius 3 is 2.71 bits per heavy atom. The van der Waals surface area contributed by atoms with E-state index < -0.39 is 0 Å². The number of hydrogen-bond acceptors (Lipinski definition) is 2. The molecular weight excluding hydrogens is 174 g/mol. The van der Waals surface area contributed by atoms with Gasteiger partial charge in [0.1, 0.15) is 5.75 Å². The molecule has 1 aromatic rings. The van der Waals surface area contributed by atoms with Crippen LogP contribution in [0.4, 0.5) is 0 Å². The standard InChI is InChI=1S/C12H19NO/c1-5-6-9(2)12-11(14-4)8-7-10(3)13-12/h7-9H,5-6H2,1-4H3. The van der Waals surface area contributed by atoms with E-state index in [0.29, 0.717) is 5.92 Å². The zero-order chi connectivity index (χ0) is 10.6. The fourth-order valence-corrected chi connectivity index (χ4v) is 1.66. The summed E-state index contributed by atoms with van der Waals surface area (Å²) in [7, 11) is 1.70. The Hall–Kier alpha value is -1.05. The van der Waals surface area contributed by atoms with Crippen molar-refractivity contribution in [1.82, 2.24) is 4.98 Å². The van der Waals surface area contributed by atoms with Crippen LogP contribution in [0.3, 0.4) is 0 Å². The summed E-state index contributed by atoms with van der Waals surface area (Å²) in [6.45, 7) is 6.41. The van der Waals surface area contributed by atoms with Gasteiger partial charge in [-0.2, -0.15) is 0 Å². The molecule has 1 heterocycles. The van der Waals surface area contributed by atoms with Crippen molar-refractivity contribution < 1.29 is 4.74 Å². The number of nitrogens with zero attached hydrogens (tertiary/aromatic N) is 1. The van der Waals surface area contributed by atoms with E-state index in [2.05, 4.69) is 18.8 Å². The van der Waals surface area contributed by atoms with E-state index in [1.165, 1.54) is 6.42 Å². The first-order valence-electron chi connectivity index (χ1n) is 5.20. The van der Waals surface area contributed by atoms with Crippen molar-refractivity contribution in [3.8, 4) is 5.75 Å². The molecule has 78 valence electrons. The van der Waals surface area contributed by atoms with E-state index in [1.807, 2.05) is 19.1 Å². The highest BCUT2D eigenvalue weighted by atomic mass is 16.5. The Bertz CT molecular complexity index is 296. The van der Waals surface area contributed by atoms with Gasteiger partial charge in [-0.3, -0.25) is 4.98 Å². The topological polar surface area (TPSA) is 22.1 Å². The Morgan fingerprint density at radius 2 is 2.14 bits per heavy atom. The molecule has 0 aliphatic carbocycles. The Balaban J connectivity index is 2.97. The predicted molar refractivity (Wildman–Crippen MR) is 58.8 cm³/mol. The molecule has 1 aromatic heterocycles. The molecule has 0 bridgehead atoms. The van der Waals surface area contributed by atoms with Crippen LogP contribution >= 0.6 is 0 Å². The fourth-order valence-electron chi connectivity index (χ4n) is 1.66. The first-order valence-corrected chi connectivity index (χ1v) is 5.20. The number of rotatable bonds is 4. The summed E-state index contributed by atoms with van der Waals surface area (Å²) in [6.07, 6.45) is 2.34. The molecule has 0 saturated carbocycles. The normalized spacial score (nSPS) is 12.6. The molecule has 0 saturated heterocycles. The van der Waals surface area contributed by atoms with Crippen LogP contribution < -0.4 is 4.74 Å². The van der Waals surface area contributed by atoms with Gasteiger partial charge in [-0.1, -0.05) is 20.3 Å². The van der Waals surface area contributed by atoms with Crippen LogP contribution in [0, 0.1) is 6.92 Å². The van der Waals surface area contributed by atoms with E-state index in [4.69, 9.17) is 4.74 Å². The second-order valence-corrected chi connectivity index (χ2v) is 3.73. The third-order valence-corrected chi connectivity index (χ3v) is 2.43. The predicted octanol–water partition coefficient (Wildman–Crippen LogP) is 3.30. The van der Waals surface area contributed by atoms with E-state index in [1.54, 1.807) is 7.11 Å². The van der Waals surface area contributed by atoms with Crippen molar-refractivity contribution in [2.45, 2.75) is 39.5 Å². The molecule has 2 nitrogen and oxygen atoms in total. The van der Waals surface area contributed by atoms with Crippen LogP contribution in [-0.4, -0.2) is 12.1 Å². The fraction of sp³-hybridized carbons (Fsp3) is 0.583. The number of hydrogen-bond donors (Lipinski definition) is 0. The van der Waals surface area contributed by atoms with Crippen molar-refractivity contribution in [1.29, 1.82) is 0 Å². The summed E-state index contributed by atoms with van der Waals surface area (Å²) >= 11 is 0. The van der Waals surface area contributed by atoms with Gasteiger partial charge in [-0.25, -0.2) is 0 Å². The first kappa shape index (κ1) is 11.0. The van der Waals surface area contributed by atoms with Crippen LogP contribution in [0.25, 0.3) is 0 Å². The molecule has 1 rings (SSSR count). The Kier molecular flexibility index (Phi) is 3.93. The summed E-state index contributed by atoms with van der Waals surface area (Å²) in [4.78, 5) is 4.54. The summed E-state index contributed by atoms with van der Waals surface area (Å²) in [5.74, 6) is 1.39. The highest BCUT2D eigenvalue weighted by molar-refractivity contribution is 5.31. The summed E-state index contributed by atoms with van der Waals surface area (Å²) in [5.41, 5.74) is 2.15. The third-order valence-electron chi connectivity index (χ3n) is 2.43. The number of pyridine rings is 1. The van der Waals surface area contributed by atoms with Gasteiger partial charge >= 0.3 is 0 Å². The minimum atomic E-state index is 0.481. The maximum absolute atomic E-state index is 5.31. The first-order chi connectivity index (χ1) is 6.69. The quantitative estimate of drug-likeness (QED) is 0.732. The highest BCUT2D eigenvalue weighted by Crippen LogP contribution is 2.27. The zero-order valence-electron chi connectivity index (χ0n) is 9.50. The Morgan fingerprint density at radius 1 is 1.43 bits per heavy atom. The monoisotopic (exact) mass is 193 g/mol. The van der Waals surface area contributed by atoms with Gasteiger partial charge in [0.05, 0.1) is 12.8 Å². The van der Waals surface area contributed by atoms with E-state index in [-0.39, 0.29) is 0 Å². The molecule has 14 heavy (non-hydrogen) atoms. The summed E-state index contributed by atoms with van der Waals surface area (Å²) in [5, 5.41) is 0. The van der Waals surface area contributed by atoms with Gasteiger partial charge in [-0.15, -0.1) is 0 Å². The van der Waals surface area contributed by atoms with Crippen LogP contribution in [0.5, 0.6) is 5.75 Å². The molecule has 0 aliphatic rings. The van der Waals surface area contributed by atoms with Crippen LogP contribution in [0.1, 0.15) is 44.0 Å². The van der Waals surface area contributed by atoms with Gasteiger partial charge in [-0.05, 0) is 25.5 Å². The summed E-state index contributed by atoms with van der Waals surface area (Å²) < 4.78 is 5.31. The van der Waals surface area contributed by atoms with Gasteiger partial charge in [0, 0.05) is 11.6 Å². The number of aryl methyl sites for hydroxylation is 1. The van der Waals surface area contributed by atoms with Crippen LogP contribution in [0.15, 0.2) is 12.1 Å². The second-order valence-electron chi connectivity index (χ2n) is 3.73. The molecule has 2 heteroatoms. The minimum absolute atomic E-state index is 0.481. The van der Waals surface area contributed by atoms with Crippen molar-refractivity contribution in [3.05, 3.63) is 23.5 Å². The number of ether oxygens (including phenoxy) is 1. The molecule has 1 atom stereocenters. The van der Waals surface area contributed by atoms with Crippen LogP contribution in [0.2, 0.25) is 0 Å². The highest BCUT2D eigenvalue weighted by Gasteiger charge is 2.12. The lowest BCUT2D eigenvalue weighted by atomic mass is 10.0. The lowest BCUT2D eigenvalue weighted by molar-refractivity contribution is 0.401. The molecule has 0 spiro atoms. The van der Waals surface area contributed by atoms with Crippen molar-refractivity contribution in [2.24, 2.45) is 0 Å². The number of methoxy groups -OCH3 is 1. The number of aromatic nitrogens is 1. The van der Waals surface area contributed by atoms with Crippen molar-refractivity contribution in [2.75, 3.05) is 7.11 Å². The lowest BCUT2D eigenvalue weighted by Crippen LogP contribution is -2.01.